The smallest absolute Gasteiger partial charge is 0.333 e. The zero-order valence-electron chi connectivity index (χ0n) is 5.29. The van der Waals surface area contributed by atoms with Crippen molar-refractivity contribution in [3.8, 4) is 0 Å². The number of rotatable bonds is 2. The Morgan fingerprint density at radius 2 is 2.56 bits per heavy atom. The van der Waals surface area contributed by atoms with Crippen LogP contribution in [-0.2, 0) is 0 Å². The molecular weight excluding hydrogens is 120 g/mol. The van der Waals surface area contributed by atoms with E-state index < -0.39 is 6.03 Å². The van der Waals surface area contributed by atoms with Gasteiger partial charge in [-0.25, -0.2) is 9.86 Å². The second-order valence-corrected chi connectivity index (χ2v) is 1.50. The van der Waals surface area contributed by atoms with Crippen molar-refractivity contribution in [3.63, 3.8) is 0 Å². The van der Waals surface area contributed by atoms with Crippen LogP contribution in [0.3, 0.4) is 0 Å². The van der Waals surface area contributed by atoms with Crippen molar-refractivity contribution in [3.05, 3.63) is 12.7 Å². The van der Waals surface area contributed by atoms with Crippen LogP contribution in [0, 0.1) is 0 Å². The van der Waals surface area contributed by atoms with Gasteiger partial charge in [0.15, 0.2) is 0 Å². The fraction of sp³-hybridized carbons (Fsp3) is 0.400. The number of carbonyl (C=O) groups excluding carboxylic acids is 1. The first kappa shape index (κ1) is 7.97. The van der Waals surface area contributed by atoms with E-state index in [4.69, 9.17) is 5.21 Å². The second-order valence-electron chi connectivity index (χ2n) is 1.50. The van der Waals surface area contributed by atoms with Gasteiger partial charge >= 0.3 is 6.03 Å². The molecule has 0 heterocycles. The van der Waals surface area contributed by atoms with E-state index in [1.165, 1.54) is 13.1 Å². The predicted molar refractivity (Wildman–Crippen MR) is 33.1 cm³/mol. The Hall–Kier alpha value is -1.03. The van der Waals surface area contributed by atoms with Crippen molar-refractivity contribution in [2.75, 3.05) is 13.6 Å². The number of hydroxylamine groups is 2. The lowest BCUT2D eigenvalue weighted by Crippen LogP contribution is -2.34. The Bertz CT molecular complexity index is 112. The van der Waals surface area contributed by atoms with Crippen LogP contribution >= 0.6 is 0 Å². The van der Waals surface area contributed by atoms with Crippen molar-refractivity contribution >= 4 is 6.03 Å². The highest BCUT2D eigenvalue weighted by atomic mass is 16.5. The van der Waals surface area contributed by atoms with E-state index in [0.29, 0.717) is 11.6 Å². The van der Waals surface area contributed by atoms with E-state index in [1.807, 2.05) is 0 Å². The Balaban J connectivity index is 3.38. The molecule has 52 valence electrons. The van der Waals surface area contributed by atoms with E-state index in [-0.39, 0.29) is 0 Å². The largest absolute Gasteiger partial charge is 0.341 e. The number of hydrogen-bond donors (Lipinski definition) is 2. The summed E-state index contributed by atoms with van der Waals surface area (Å²) >= 11 is 0. The summed E-state index contributed by atoms with van der Waals surface area (Å²) in [5, 5.41) is 11.3. The standard InChI is InChI=1S/C5H10N2O2/c1-3-4-6-5(8)7(2)9/h3,9H,1,4H2,2H3,(H,6,8). The molecule has 0 rings (SSSR count). The molecule has 0 bridgehead atoms. The van der Waals surface area contributed by atoms with Crippen LogP contribution in [0.15, 0.2) is 12.7 Å². The van der Waals surface area contributed by atoms with Gasteiger partial charge in [0.1, 0.15) is 0 Å². The maximum atomic E-state index is 10.4. The zero-order chi connectivity index (χ0) is 7.28. The third kappa shape index (κ3) is 3.54. The second kappa shape index (κ2) is 3.91. The SMILES string of the molecule is C=CCNC(=O)N(C)O. The van der Waals surface area contributed by atoms with Crippen molar-refractivity contribution in [2.45, 2.75) is 0 Å². The third-order valence-corrected chi connectivity index (χ3v) is 0.692. The fourth-order valence-electron chi connectivity index (χ4n) is 0.274. The van der Waals surface area contributed by atoms with Crippen LogP contribution in [0.25, 0.3) is 0 Å². The molecule has 0 spiro atoms. The number of amides is 2. The fourth-order valence-corrected chi connectivity index (χ4v) is 0.274. The molecule has 0 radical (unpaired) electrons. The lowest BCUT2D eigenvalue weighted by Gasteiger charge is -2.07. The van der Waals surface area contributed by atoms with E-state index in [1.54, 1.807) is 0 Å². The lowest BCUT2D eigenvalue weighted by molar-refractivity contribution is -0.0178. The van der Waals surface area contributed by atoms with Crippen LogP contribution in [0.1, 0.15) is 0 Å². The minimum atomic E-state index is -0.532. The summed E-state index contributed by atoms with van der Waals surface area (Å²) in [4.78, 5) is 10.4. The van der Waals surface area contributed by atoms with Gasteiger partial charge in [-0.05, 0) is 0 Å². The molecule has 9 heavy (non-hydrogen) atoms. The predicted octanol–water partition coefficient (Wildman–Crippen LogP) is 0.203. The highest BCUT2D eigenvalue weighted by Crippen LogP contribution is 1.73. The van der Waals surface area contributed by atoms with Gasteiger partial charge in [0, 0.05) is 13.6 Å². The number of hydrogen-bond acceptors (Lipinski definition) is 2. The number of urea groups is 1. The third-order valence-electron chi connectivity index (χ3n) is 0.692. The van der Waals surface area contributed by atoms with E-state index in [0.717, 1.165) is 0 Å². The van der Waals surface area contributed by atoms with Crippen molar-refractivity contribution in [1.29, 1.82) is 0 Å². The van der Waals surface area contributed by atoms with Gasteiger partial charge in [0.05, 0.1) is 0 Å². The van der Waals surface area contributed by atoms with Gasteiger partial charge in [0.25, 0.3) is 0 Å². The minimum absolute atomic E-state index is 0.365. The summed E-state index contributed by atoms with van der Waals surface area (Å²) in [6.45, 7) is 3.74. The molecule has 0 aromatic rings. The molecule has 2 N–H and O–H groups in total. The van der Waals surface area contributed by atoms with E-state index in [9.17, 15) is 4.79 Å². The molecular formula is C5H10N2O2. The monoisotopic (exact) mass is 130 g/mol. The summed E-state index contributed by atoms with van der Waals surface area (Å²) in [5.74, 6) is 0. The Morgan fingerprint density at radius 1 is 2.00 bits per heavy atom. The summed E-state index contributed by atoms with van der Waals surface area (Å²) in [7, 11) is 1.25. The molecule has 0 saturated carbocycles. The molecule has 0 aromatic carbocycles. The summed E-state index contributed by atoms with van der Waals surface area (Å²) in [6.07, 6.45) is 1.53. The molecule has 2 amide bonds. The quantitative estimate of drug-likeness (QED) is 0.319. The average molecular weight is 130 g/mol. The molecule has 0 aliphatic heterocycles. The van der Waals surface area contributed by atoms with Crippen LogP contribution in [-0.4, -0.2) is 29.9 Å². The molecule has 0 unspecified atom stereocenters. The highest BCUT2D eigenvalue weighted by molar-refractivity contribution is 5.72. The molecule has 4 heteroatoms. The number of carbonyl (C=O) groups is 1. The molecule has 0 aromatic heterocycles. The first-order chi connectivity index (χ1) is 4.18. The van der Waals surface area contributed by atoms with Crippen molar-refractivity contribution < 1.29 is 10.0 Å². The van der Waals surface area contributed by atoms with Crippen LogP contribution in [0.5, 0.6) is 0 Å². The zero-order valence-corrected chi connectivity index (χ0v) is 5.29. The maximum Gasteiger partial charge on any atom is 0.341 e. The van der Waals surface area contributed by atoms with Gasteiger partial charge in [-0.3, -0.25) is 5.21 Å². The van der Waals surface area contributed by atoms with Gasteiger partial charge in [-0.1, -0.05) is 6.08 Å². The number of nitrogens with one attached hydrogen (secondary N) is 1. The van der Waals surface area contributed by atoms with Gasteiger partial charge in [0.2, 0.25) is 0 Å². The first-order valence-corrected chi connectivity index (χ1v) is 2.49. The lowest BCUT2D eigenvalue weighted by atomic mass is 10.6. The number of nitrogens with zero attached hydrogens (tertiary/aromatic N) is 1. The van der Waals surface area contributed by atoms with Crippen molar-refractivity contribution in [1.82, 2.24) is 10.4 Å². The first-order valence-electron chi connectivity index (χ1n) is 2.49. The molecule has 0 fully saturated rings. The molecule has 0 atom stereocenters. The Kier molecular flexibility index (Phi) is 3.46. The summed E-state index contributed by atoms with van der Waals surface area (Å²) in [6, 6.07) is -0.532. The summed E-state index contributed by atoms with van der Waals surface area (Å²) < 4.78 is 0. The van der Waals surface area contributed by atoms with Gasteiger partial charge in [-0.2, -0.15) is 0 Å². The van der Waals surface area contributed by atoms with Crippen LogP contribution in [0.2, 0.25) is 0 Å². The maximum absolute atomic E-state index is 10.4. The topological polar surface area (TPSA) is 52.6 Å². The Labute approximate surface area is 53.7 Å². The molecule has 0 aliphatic carbocycles. The van der Waals surface area contributed by atoms with Crippen molar-refractivity contribution in [2.24, 2.45) is 0 Å². The molecule has 0 aliphatic rings. The van der Waals surface area contributed by atoms with E-state index >= 15 is 0 Å². The van der Waals surface area contributed by atoms with Crippen LogP contribution in [0.4, 0.5) is 4.79 Å². The molecule has 0 saturated heterocycles. The van der Waals surface area contributed by atoms with Crippen LogP contribution < -0.4 is 5.32 Å². The van der Waals surface area contributed by atoms with Gasteiger partial charge in [-0.15, -0.1) is 6.58 Å². The van der Waals surface area contributed by atoms with Gasteiger partial charge < -0.3 is 5.32 Å². The normalized spacial score (nSPS) is 8.22. The van der Waals surface area contributed by atoms with E-state index in [2.05, 4.69) is 11.9 Å². The Morgan fingerprint density at radius 3 is 2.89 bits per heavy atom. The summed E-state index contributed by atoms with van der Waals surface area (Å²) in [5.41, 5.74) is 0. The highest BCUT2D eigenvalue weighted by Gasteiger charge is 1.99. The molecule has 4 nitrogen and oxygen atoms in total. The average Bonchev–Trinajstić information content (AvgIpc) is 1.82. The minimum Gasteiger partial charge on any atom is -0.333 e.